The third-order valence-corrected chi connectivity index (χ3v) is 4.95. The van der Waals surface area contributed by atoms with Crippen LogP contribution in [0.4, 0.5) is 0 Å². The van der Waals surface area contributed by atoms with Gasteiger partial charge in [0.05, 0.1) is 0 Å². The summed E-state index contributed by atoms with van der Waals surface area (Å²) in [5, 5.41) is 3.83. The first-order chi connectivity index (χ1) is 8.51. The lowest BCUT2D eigenvalue weighted by molar-refractivity contribution is 0.0848. The van der Waals surface area contributed by atoms with Crippen LogP contribution in [0.1, 0.15) is 79.6 Å². The van der Waals surface area contributed by atoms with Crippen molar-refractivity contribution in [1.82, 2.24) is 5.32 Å². The Kier molecular flexibility index (Phi) is 6.70. The molecule has 0 radical (unpaired) electrons. The summed E-state index contributed by atoms with van der Waals surface area (Å²) in [5.41, 5.74) is 0.515. The van der Waals surface area contributed by atoms with Gasteiger partial charge in [-0.2, -0.15) is 0 Å². The van der Waals surface area contributed by atoms with Crippen molar-refractivity contribution in [2.75, 3.05) is 6.54 Å². The highest BCUT2D eigenvalue weighted by Crippen LogP contribution is 2.43. The van der Waals surface area contributed by atoms with Gasteiger partial charge in [-0.3, -0.25) is 0 Å². The van der Waals surface area contributed by atoms with Gasteiger partial charge in [-0.15, -0.1) is 0 Å². The molecule has 0 aromatic heterocycles. The van der Waals surface area contributed by atoms with Crippen LogP contribution in [-0.2, 0) is 0 Å². The van der Waals surface area contributed by atoms with Crippen molar-refractivity contribution in [3.8, 4) is 0 Å². The summed E-state index contributed by atoms with van der Waals surface area (Å²) in [4.78, 5) is 0. The van der Waals surface area contributed by atoms with E-state index in [0.717, 1.165) is 17.9 Å². The Morgan fingerprint density at radius 3 is 2.44 bits per heavy atom. The highest BCUT2D eigenvalue weighted by atomic mass is 14.9. The van der Waals surface area contributed by atoms with Crippen LogP contribution in [0.3, 0.4) is 0 Å². The van der Waals surface area contributed by atoms with Crippen molar-refractivity contribution < 1.29 is 0 Å². The quantitative estimate of drug-likeness (QED) is 0.672. The van der Waals surface area contributed by atoms with Crippen molar-refractivity contribution >= 4 is 0 Å². The molecule has 18 heavy (non-hydrogen) atoms. The van der Waals surface area contributed by atoms with E-state index in [1.165, 1.54) is 51.5 Å². The van der Waals surface area contributed by atoms with Crippen LogP contribution in [0.2, 0.25) is 0 Å². The van der Waals surface area contributed by atoms with Crippen LogP contribution in [0.15, 0.2) is 0 Å². The zero-order valence-corrected chi connectivity index (χ0v) is 13.4. The Bertz CT molecular complexity index is 222. The number of nitrogens with one attached hydrogen (secondary N) is 1. The zero-order chi connectivity index (χ0) is 13.6. The average Bonchev–Trinajstić information content (AvgIpc) is 2.33. The third-order valence-electron chi connectivity index (χ3n) is 4.95. The first kappa shape index (κ1) is 16.0. The second kappa shape index (κ2) is 7.53. The van der Waals surface area contributed by atoms with Crippen LogP contribution in [0.25, 0.3) is 0 Å². The van der Waals surface area contributed by atoms with Crippen LogP contribution in [0.5, 0.6) is 0 Å². The predicted molar refractivity (Wildman–Crippen MR) is 81.9 cm³/mol. The highest BCUT2D eigenvalue weighted by Gasteiger charge is 2.37. The fraction of sp³-hybridized carbons (Fsp3) is 1.00. The topological polar surface area (TPSA) is 12.0 Å². The first-order valence-electron chi connectivity index (χ1n) is 8.24. The minimum absolute atomic E-state index is 0.515. The van der Waals surface area contributed by atoms with E-state index in [1.807, 2.05) is 0 Å². The first-order valence-corrected chi connectivity index (χ1v) is 8.24. The normalized spacial score (nSPS) is 29.5. The van der Waals surface area contributed by atoms with Gasteiger partial charge in [-0.05, 0) is 49.5 Å². The average molecular weight is 253 g/mol. The smallest absolute Gasteiger partial charge is 0.0103 e. The summed E-state index contributed by atoms with van der Waals surface area (Å²) >= 11 is 0. The maximum atomic E-state index is 3.83. The maximum Gasteiger partial charge on any atom is 0.0103 e. The molecule has 1 N–H and O–H groups in total. The Labute approximate surface area is 115 Å². The largest absolute Gasteiger partial charge is 0.314 e. The summed E-state index contributed by atoms with van der Waals surface area (Å²) in [5.74, 6) is 1.80. The third kappa shape index (κ3) is 4.57. The molecule has 0 heterocycles. The van der Waals surface area contributed by atoms with Gasteiger partial charge in [0.2, 0.25) is 0 Å². The zero-order valence-electron chi connectivity index (χ0n) is 13.4. The molecule has 0 amide bonds. The van der Waals surface area contributed by atoms with Crippen LogP contribution in [0, 0.1) is 17.3 Å². The van der Waals surface area contributed by atoms with Crippen LogP contribution < -0.4 is 5.32 Å². The Balaban J connectivity index is 2.62. The second-order valence-corrected chi connectivity index (χ2v) is 7.18. The van der Waals surface area contributed by atoms with E-state index in [1.54, 1.807) is 0 Å². The van der Waals surface area contributed by atoms with Crippen molar-refractivity contribution in [3.05, 3.63) is 0 Å². The fourth-order valence-corrected chi connectivity index (χ4v) is 3.69. The Hall–Kier alpha value is -0.0400. The van der Waals surface area contributed by atoms with Gasteiger partial charge >= 0.3 is 0 Å². The molecule has 0 aliphatic heterocycles. The van der Waals surface area contributed by atoms with Crippen molar-refractivity contribution in [2.24, 2.45) is 17.3 Å². The van der Waals surface area contributed by atoms with Crippen molar-refractivity contribution in [3.63, 3.8) is 0 Å². The van der Waals surface area contributed by atoms with Gasteiger partial charge in [0.15, 0.2) is 0 Å². The SMILES string of the molecule is CCCCC(C)(C)C1CCC(C)CC1NCCC. The lowest BCUT2D eigenvalue weighted by atomic mass is 9.64. The van der Waals surface area contributed by atoms with Crippen molar-refractivity contribution in [1.29, 1.82) is 0 Å². The monoisotopic (exact) mass is 253 g/mol. The standard InChI is InChI=1S/C17H35N/c1-6-8-11-17(4,5)15-10-9-14(3)13-16(15)18-12-7-2/h14-16,18H,6-13H2,1-5H3. The molecule has 0 saturated heterocycles. The summed E-state index contributed by atoms with van der Waals surface area (Å²) in [6.07, 6.45) is 9.63. The van der Waals surface area contributed by atoms with Gasteiger partial charge in [0, 0.05) is 6.04 Å². The molecule has 1 aliphatic carbocycles. The van der Waals surface area contributed by atoms with E-state index in [2.05, 4.69) is 39.9 Å². The molecule has 108 valence electrons. The van der Waals surface area contributed by atoms with Gasteiger partial charge in [0.1, 0.15) is 0 Å². The minimum Gasteiger partial charge on any atom is -0.314 e. The molecule has 0 spiro atoms. The number of hydrogen-bond acceptors (Lipinski definition) is 1. The molecule has 3 unspecified atom stereocenters. The van der Waals surface area contributed by atoms with E-state index in [-0.39, 0.29) is 0 Å². The Morgan fingerprint density at radius 2 is 1.83 bits per heavy atom. The summed E-state index contributed by atoms with van der Waals surface area (Å²) < 4.78 is 0. The summed E-state index contributed by atoms with van der Waals surface area (Å²) in [6, 6.07) is 0.764. The lowest BCUT2D eigenvalue weighted by Crippen LogP contribution is -2.47. The summed E-state index contributed by atoms with van der Waals surface area (Å²) in [7, 11) is 0. The van der Waals surface area contributed by atoms with Gasteiger partial charge in [-0.25, -0.2) is 0 Å². The minimum atomic E-state index is 0.515. The predicted octanol–water partition coefficient (Wildman–Crippen LogP) is 5.01. The number of hydrogen-bond donors (Lipinski definition) is 1. The molecular weight excluding hydrogens is 218 g/mol. The lowest BCUT2D eigenvalue weighted by Gasteiger charge is -2.45. The van der Waals surface area contributed by atoms with E-state index < -0.39 is 0 Å². The van der Waals surface area contributed by atoms with E-state index in [0.29, 0.717) is 5.41 Å². The molecule has 1 heteroatoms. The van der Waals surface area contributed by atoms with E-state index >= 15 is 0 Å². The molecule has 1 nitrogen and oxygen atoms in total. The highest BCUT2D eigenvalue weighted by molar-refractivity contribution is 4.91. The van der Waals surface area contributed by atoms with Crippen molar-refractivity contribution in [2.45, 2.75) is 85.6 Å². The van der Waals surface area contributed by atoms with Crippen LogP contribution >= 0.6 is 0 Å². The molecule has 0 bridgehead atoms. The molecule has 0 aromatic carbocycles. The van der Waals surface area contributed by atoms with E-state index in [9.17, 15) is 0 Å². The molecule has 1 aliphatic rings. The molecule has 1 rings (SSSR count). The molecule has 1 fully saturated rings. The Morgan fingerprint density at radius 1 is 1.11 bits per heavy atom. The summed E-state index contributed by atoms with van der Waals surface area (Å²) in [6.45, 7) is 13.2. The van der Waals surface area contributed by atoms with Crippen LogP contribution in [-0.4, -0.2) is 12.6 Å². The molecule has 1 saturated carbocycles. The molecule has 0 aromatic rings. The second-order valence-electron chi connectivity index (χ2n) is 7.18. The fourth-order valence-electron chi connectivity index (χ4n) is 3.69. The number of rotatable bonds is 7. The van der Waals surface area contributed by atoms with Gasteiger partial charge in [-0.1, -0.05) is 53.9 Å². The van der Waals surface area contributed by atoms with E-state index in [4.69, 9.17) is 0 Å². The van der Waals surface area contributed by atoms with Gasteiger partial charge < -0.3 is 5.32 Å². The number of unbranched alkanes of at least 4 members (excludes halogenated alkanes) is 1. The molecule has 3 atom stereocenters. The van der Waals surface area contributed by atoms with Gasteiger partial charge in [0.25, 0.3) is 0 Å². The maximum absolute atomic E-state index is 3.83. The molecular formula is C17H35N.